The van der Waals surface area contributed by atoms with Gasteiger partial charge in [0.2, 0.25) is 0 Å². The number of amides is 1. The largest absolute Gasteiger partial charge is 0.348 e. The summed E-state index contributed by atoms with van der Waals surface area (Å²) in [4.78, 5) is 12.2. The van der Waals surface area contributed by atoms with Gasteiger partial charge in [0.05, 0.1) is 10.0 Å². The number of carbonyl (C=O) groups is 1. The van der Waals surface area contributed by atoms with Crippen LogP contribution in [0.25, 0.3) is 0 Å². The van der Waals surface area contributed by atoms with Gasteiger partial charge in [0, 0.05) is 11.9 Å². The summed E-state index contributed by atoms with van der Waals surface area (Å²) in [5, 5.41) is 2.83. The summed E-state index contributed by atoms with van der Waals surface area (Å²) in [6.45, 7) is 0. The fraction of sp³-hybridized carbons (Fsp3) is 0.188. The number of hydrogen-bond donors (Lipinski definition) is 1. The molecule has 0 fully saturated rings. The van der Waals surface area contributed by atoms with Crippen LogP contribution in [0.3, 0.4) is 0 Å². The Hall–Kier alpha value is -1.39. The first-order chi connectivity index (χ1) is 10.1. The maximum Gasteiger partial charge on any atom is 0.252 e. The number of nitrogens with one attached hydrogen (secondary N) is 1. The lowest BCUT2D eigenvalue weighted by atomic mass is 10.1. The van der Waals surface area contributed by atoms with Crippen LogP contribution in [0.1, 0.15) is 15.9 Å². The van der Waals surface area contributed by atoms with Gasteiger partial charge in [-0.3, -0.25) is 4.79 Å². The van der Waals surface area contributed by atoms with Crippen LogP contribution in [-0.4, -0.2) is 17.8 Å². The monoisotopic (exact) mass is 369 g/mol. The van der Waals surface area contributed by atoms with Crippen molar-refractivity contribution in [2.24, 2.45) is 0 Å². The Morgan fingerprint density at radius 1 is 1.19 bits per heavy atom. The number of hydrogen-bond acceptors (Lipinski definition) is 1. The van der Waals surface area contributed by atoms with E-state index in [1.54, 1.807) is 6.07 Å². The maximum absolute atomic E-state index is 13.5. The molecule has 0 saturated carbocycles. The zero-order valence-corrected chi connectivity index (χ0v) is 13.5. The molecule has 5 heteroatoms. The van der Waals surface area contributed by atoms with Gasteiger partial charge in [0.25, 0.3) is 5.91 Å². The molecule has 0 spiro atoms. The number of alkyl halides is 1. The molecule has 0 aliphatic heterocycles. The molecule has 110 valence electrons. The third-order valence-electron chi connectivity index (χ3n) is 3.04. The zero-order chi connectivity index (χ0) is 15.2. The molecule has 0 aliphatic carbocycles. The average molecular weight is 371 g/mol. The van der Waals surface area contributed by atoms with Gasteiger partial charge in [0.1, 0.15) is 5.82 Å². The second kappa shape index (κ2) is 7.57. The van der Waals surface area contributed by atoms with E-state index < -0.39 is 5.82 Å². The average Bonchev–Trinajstić information content (AvgIpc) is 2.50. The van der Waals surface area contributed by atoms with Crippen molar-refractivity contribution in [2.45, 2.75) is 12.5 Å². The van der Waals surface area contributed by atoms with Crippen molar-refractivity contribution in [2.75, 3.05) is 5.88 Å². The minimum absolute atomic E-state index is 0.163. The highest BCUT2D eigenvalue weighted by atomic mass is 79.9. The highest BCUT2D eigenvalue weighted by molar-refractivity contribution is 9.10. The molecular weight excluding hydrogens is 357 g/mol. The first-order valence-corrected chi connectivity index (χ1v) is 7.79. The van der Waals surface area contributed by atoms with Crippen molar-refractivity contribution in [3.8, 4) is 0 Å². The van der Waals surface area contributed by atoms with Crippen molar-refractivity contribution in [3.63, 3.8) is 0 Å². The van der Waals surface area contributed by atoms with Crippen LogP contribution in [0.2, 0.25) is 0 Å². The molecule has 2 aromatic rings. The van der Waals surface area contributed by atoms with E-state index in [0.29, 0.717) is 6.42 Å². The molecule has 0 bridgehead atoms. The number of rotatable bonds is 5. The smallest absolute Gasteiger partial charge is 0.252 e. The Morgan fingerprint density at radius 3 is 2.57 bits per heavy atom. The van der Waals surface area contributed by atoms with E-state index in [0.717, 1.165) is 5.56 Å². The van der Waals surface area contributed by atoms with Crippen LogP contribution in [-0.2, 0) is 6.42 Å². The summed E-state index contributed by atoms with van der Waals surface area (Å²) in [6.07, 6.45) is 0.628. The fourth-order valence-electron chi connectivity index (χ4n) is 1.99. The van der Waals surface area contributed by atoms with Gasteiger partial charge in [0.15, 0.2) is 0 Å². The predicted octanol–water partition coefficient (Wildman–Crippen LogP) is 4.17. The van der Waals surface area contributed by atoms with E-state index in [9.17, 15) is 9.18 Å². The first kappa shape index (κ1) is 16.0. The highest BCUT2D eigenvalue weighted by Crippen LogP contribution is 2.20. The van der Waals surface area contributed by atoms with Crippen LogP contribution in [0.15, 0.2) is 53.0 Å². The van der Waals surface area contributed by atoms with E-state index in [-0.39, 0.29) is 27.9 Å². The van der Waals surface area contributed by atoms with Gasteiger partial charge in [-0.15, -0.1) is 11.6 Å². The molecule has 0 saturated heterocycles. The third kappa shape index (κ3) is 4.29. The molecule has 0 aliphatic rings. The topological polar surface area (TPSA) is 29.1 Å². The second-order valence-electron chi connectivity index (χ2n) is 4.62. The summed E-state index contributed by atoms with van der Waals surface area (Å²) in [5.74, 6) is -0.524. The van der Waals surface area contributed by atoms with Gasteiger partial charge >= 0.3 is 0 Å². The fourth-order valence-corrected chi connectivity index (χ4v) is 2.62. The summed E-state index contributed by atoms with van der Waals surface area (Å²) in [7, 11) is 0. The van der Waals surface area contributed by atoms with E-state index >= 15 is 0 Å². The molecule has 1 unspecified atom stereocenters. The minimum atomic E-state index is -0.465. The molecule has 2 rings (SSSR count). The third-order valence-corrected chi connectivity index (χ3v) is 4.22. The minimum Gasteiger partial charge on any atom is -0.348 e. The quantitative estimate of drug-likeness (QED) is 0.787. The Labute approximate surface area is 136 Å². The van der Waals surface area contributed by atoms with Crippen LogP contribution in [0.5, 0.6) is 0 Å². The molecule has 1 amide bonds. The zero-order valence-electron chi connectivity index (χ0n) is 11.2. The second-order valence-corrected chi connectivity index (χ2v) is 5.72. The Bertz CT molecular complexity index is 621. The normalized spacial score (nSPS) is 12.0. The number of benzene rings is 2. The van der Waals surface area contributed by atoms with Gasteiger partial charge in [-0.25, -0.2) is 4.39 Å². The van der Waals surface area contributed by atoms with Crippen molar-refractivity contribution >= 4 is 33.4 Å². The van der Waals surface area contributed by atoms with Gasteiger partial charge in [-0.1, -0.05) is 36.4 Å². The van der Waals surface area contributed by atoms with Crippen LogP contribution in [0, 0.1) is 5.82 Å². The van der Waals surface area contributed by atoms with E-state index in [1.165, 1.54) is 12.1 Å². The summed E-state index contributed by atoms with van der Waals surface area (Å²) in [6, 6.07) is 13.9. The van der Waals surface area contributed by atoms with Crippen molar-refractivity contribution < 1.29 is 9.18 Å². The molecule has 0 radical (unpaired) electrons. The Morgan fingerprint density at radius 2 is 1.90 bits per heavy atom. The van der Waals surface area contributed by atoms with Crippen molar-refractivity contribution in [1.29, 1.82) is 0 Å². The molecule has 0 heterocycles. The predicted molar refractivity (Wildman–Crippen MR) is 86.2 cm³/mol. The van der Waals surface area contributed by atoms with Crippen LogP contribution < -0.4 is 5.32 Å². The van der Waals surface area contributed by atoms with Crippen LogP contribution >= 0.6 is 27.5 Å². The standard InChI is InChI=1S/C16H14BrClFNO/c17-15-13(7-4-8-14(15)19)16(21)20-12(10-18)9-11-5-2-1-3-6-11/h1-8,12H,9-10H2,(H,20,21). The Balaban J connectivity index is 2.08. The molecule has 1 N–H and O–H groups in total. The van der Waals surface area contributed by atoms with E-state index in [2.05, 4.69) is 21.2 Å². The SMILES string of the molecule is O=C(NC(CCl)Cc1ccccc1)c1cccc(F)c1Br. The summed E-state index contributed by atoms with van der Waals surface area (Å²) < 4.78 is 13.6. The highest BCUT2D eigenvalue weighted by Gasteiger charge is 2.17. The van der Waals surface area contributed by atoms with Crippen molar-refractivity contribution in [1.82, 2.24) is 5.32 Å². The van der Waals surface area contributed by atoms with Gasteiger partial charge < -0.3 is 5.32 Å². The van der Waals surface area contributed by atoms with Gasteiger partial charge in [-0.05, 0) is 40.0 Å². The van der Waals surface area contributed by atoms with Gasteiger partial charge in [-0.2, -0.15) is 0 Å². The lowest BCUT2D eigenvalue weighted by molar-refractivity contribution is 0.0939. The van der Waals surface area contributed by atoms with Crippen molar-refractivity contribution in [3.05, 3.63) is 69.9 Å². The lowest BCUT2D eigenvalue weighted by Crippen LogP contribution is -2.38. The molecule has 0 aromatic heterocycles. The molecule has 21 heavy (non-hydrogen) atoms. The lowest BCUT2D eigenvalue weighted by Gasteiger charge is -2.17. The molecule has 2 nitrogen and oxygen atoms in total. The number of carbonyl (C=O) groups excluding carboxylic acids is 1. The first-order valence-electron chi connectivity index (χ1n) is 6.46. The van der Waals surface area contributed by atoms with E-state index in [1.807, 2.05) is 30.3 Å². The summed E-state index contributed by atoms with van der Waals surface area (Å²) >= 11 is 9.01. The maximum atomic E-state index is 13.5. The number of halogens is 3. The van der Waals surface area contributed by atoms with E-state index in [4.69, 9.17) is 11.6 Å². The molecular formula is C16H14BrClFNO. The van der Waals surface area contributed by atoms with Crippen LogP contribution in [0.4, 0.5) is 4.39 Å². The molecule has 2 aromatic carbocycles. The Kier molecular flexibility index (Phi) is 5.76. The summed E-state index contributed by atoms with van der Waals surface area (Å²) in [5.41, 5.74) is 1.35. The molecule has 1 atom stereocenters.